The molecule has 3 nitrogen and oxygen atoms in total. The lowest BCUT2D eigenvalue weighted by atomic mass is 9.45. The number of rotatable bonds is 3. The molecule has 0 amide bonds. The number of aliphatic hydroxyl groups excluding tert-OH is 1. The van der Waals surface area contributed by atoms with Crippen LogP contribution >= 0.6 is 0 Å². The number of allylic oxidation sites excluding steroid dienone is 1. The highest BCUT2D eigenvalue weighted by atomic mass is 16.3. The van der Waals surface area contributed by atoms with Gasteiger partial charge in [0.1, 0.15) is 0 Å². The largest absolute Gasteiger partial charge is 0.396 e. The fraction of sp³-hybridized carbons (Fsp3) is 0.870. The Kier molecular flexibility index (Phi) is 3.65. The molecule has 5 aliphatic rings. The Labute approximate surface area is 157 Å². The Morgan fingerprint density at radius 3 is 2.69 bits per heavy atom. The zero-order valence-electron chi connectivity index (χ0n) is 16.3. The van der Waals surface area contributed by atoms with Gasteiger partial charge in [0, 0.05) is 13.0 Å². The number of fused-ring (bicyclic) bond motifs is 7. The Morgan fingerprint density at radius 1 is 1.12 bits per heavy atom. The summed E-state index contributed by atoms with van der Waals surface area (Å²) in [4.78, 5) is 12.0. The van der Waals surface area contributed by atoms with Gasteiger partial charge >= 0.3 is 0 Å². The summed E-state index contributed by atoms with van der Waals surface area (Å²) in [6.45, 7) is 4.99. The van der Waals surface area contributed by atoms with E-state index >= 15 is 0 Å². The molecule has 8 atom stereocenters. The number of hydrogen-bond donors (Lipinski definition) is 2. The van der Waals surface area contributed by atoms with E-state index in [-0.39, 0.29) is 17.4 Å². The molecule has 0 unspecified atom stereocenters. The van der Waals surface area contributed by atoms with Gasteiger partial charge in [0.2, 0.25) is 0 Å². The lowest BCUT2D eigenvalue weighted by Crippen LogP contribution is -2.56. The fourth-order valence-corrected chi connectivity index (χ4v) is 8.51. The maximum atomic E-state index is 12.0. The Bertz CT molecular complexity index is 668. The maximum Gasteiger partial charge on any atom is 0.155 e. The van der Waals surface area contributed by atoms with Crippen LogP contribution < -0.4 is 0 Å². The zero-order valence-corrected chi connectivity index (χ0v) is 16.3. The van der Waals surface area contributed by atoms with Gasteiger partial charge in [0.15, 0.2) is 5.78 Å². The standard InChI is InChI=1S/C23H34O3/c1-21-9-6-15(25)12-14(21)4-5-16-18(21)7-10-22(2)20(16)17-13-19(17)23(22,26)8-3-11-24/h12,16-20,24,26H,3-11,13H2,1-2H3/t16-,17+,18+,19-,20-,21+,22+,23+/m1/s1. The highest BCUT2D eigenvalue weighted by Gasteiger charge is 2.75. The van der Waals surface area contributed by atoms with Crippen molar-refractivity contribution in [3.05, 3.63) is 11.6 Å². The van der Waals surface area contributed by atoms with Crippen LogP contribution in [0.1, 0.15) is 71.6 Å². The SMILES string of the molecule is C[C@]12CCC(=O)C=C1CC[C@H]1[C@@H]3[C@H]4C[C@H]4[C@@](O)(CCCO)[C@@]3(C)CC[C@@H]12. The van der Waals surface area contributed by atoms with E-state index in [1.807, 2.05) is 6.08 Å². The zero-order chi connectivity index (χ0) is 18.3. The molecule has 0 saturated heterocycles. The molecule has 5 rings (SSSR count). The summed E-state index contributed by atoms with van der Waals surface area (Å²) in [5.41, 5.74) is 1.11. The number of aliphatic hydroxyl groups is 2. The van der Waals surface area contributed by atoms with Gasteiger partial charge in [-0.3, -0.25) is 4.79 Å². The second-order valence-corrected chi connectivity index (χ2v) is 10.6. The predicted octanol–water partition coefficient (Wildman–Crippen LogP) is 3.88. The molecule has 144 valence electrons. The molecule has 2 N–H and O–H groups in total. The average molecular weight is 359 g/mol. The van der Waals surface area contributed by atoms with E-state index in [2.05, 4.69) is 13.8 Å². The second-order valence-electron chi connectivity index (χ2n) is 10.6. The summed E-state index contributed by atoms with van der Waals surface area (Å²) in [5, 5.41) is 21.1. The van der Waals surface area contributed by atoms with Crippen LogP contribution in [0.4, 0.5) is 0 Å². The summed E-state index contributed by atoms with van der Waals surface area (Å²) in [6.07, 6.45) is 11.0. The highest BCUT2D eigenvalue weighted by molar-refractivity contribution is 5.91. The van der Waals surface area contributed by atoms with Crippen LogP contribution in [0.3, 0.4) is 0 Å². The molecule has 4 saturated carbocycles. The van der Waals surface area contributed by atoms with E-state index in [9.17, 15) is 15.0 Å². The maximum absolute atomic E-state index is 12.0. The van der Waals surface area contributed by atoms with Crippen molar-refractivity contribution in [3.8, 4) is 0 Å². The van der Waals surface area contributed by atoms with Crippen LogP contribution in [-0.2, 0) is 4.79 Å². The van der Waals surface area contributed by atoms with Gasteiger partial charge < -0.3 is 10.2 Å². The molecule has 5 aliphatic carbocycles. The molecule has 26 heavy (non-hydrogen) atoms. The van der Waals surface area contributed by atoms with E-state index in [0.717, 1.165) is 38.5 Å². The third kappa shape index (κ3) is 2.00. The Balaban J connectivity index is 1.49. The predicted molar refractivity (Wildman–Crippen MR) is 100 cm³/mol. The molecular weight excluding hydrogens is 324 g/mol. The van der Waals surface area contributed by atoms with Crippen molar-refractivity contribution in [3.63, 3.8) is 0 Å². The lowest BCUT2D eigenvalue weighted by Gasteiger charge is -2.60. The number of ketones is 1. The van der Waals surface area contributed by atoms with Crippen molar-refractivity contribution in [2.24, 2.45) is 40.4 Å². The van der Waals surface area contributed by atoms with Crippen molar-refractivity contribution in [1.82, 2.24) is 0 Å². The first-order chi connectivity index (χ1) is 12.3. The van der Waals surface area contributed by atoms with E-state index in [1.54, 1.807) is 0 Å². The van der Waals surface area contributed by atoms with Crippen LogP contribution in [-0.4, -0.2) is 28.2 Å². The molecule has 0 aromatic rings. The van der Waals surface area contributed by atoms with Gasteiger partial charge in [-0.25, -0.2) is 0 Å². The van der Waals surface area contributed by atoms with Crippen molar-refractivity contribution in [1.29, 1.82) is 0 Å². The van der Waals surface area contributed by atoms with Crippen LogP contribution in [0, 0.1) is 40.4 Å². The molecule has 4 fully saturated rings. The average Bonchev–Trinajstić information content (AvgIpc) is 3.37. The smallest absolute Gasteiger partial charge is 0.155 e. The Morgan fingerprint density at radius 2 is 1.92 bits per heavy atom. The van der Waals surface area contributed by atoms with Crippen molar-refractivity contribution in [2.75, 3.05) is 6.61 Å². The normalized spacial score (nSPS) is 54.7. The van der Waals surface area contributed by atoms with Crippen molar-refractivity contribution in [2.45, 2.75) is 77.2 Å². The van der Waals surface area contributed by atoms with Gasteiger partial charge in [0.25, 0.3) is 0 Å². The van der Waals surface area contributed by atoms with E-state index < -0.39 is 5.60 Å². The van der Waals surface area contributed by atoms with Crippen LogP contribution in [0.2, 0.25) is 0 Å². The first-order valence-electron chi connectivity index (χ1n) is 10.9. The van der Waals surface area contributed by atoms with Gasteiger partial charge in [0.05, 0.1) is 5.60 Å². The molecule has 0 spiro atoms. The van der Waals surface area contributed by atoms with Gasteiger partial charge in [-0.1, -0.05) is 19.4 Å². The second kappa shape index (κ2) is 5.44. The lowest BCUT2D eigenvalue weighted by molar-refractivity contribution is -0.152. The first kappa shape index (κ1) is 17.4. The van der Waals surface area contributed by atoms with Crippen LogP contribution in [0.25, 0.3) is 0 Å². The quantitative estimate of drug-likeness (QED) is 0.805. The summed E-state index contributed by atoms with van der Waals surface area (Å²) < 4.78 is 0. The minimum absolute atomic E-state index is 0.0268. The topological polar surface area (TPSA) is 57.5 Å². The van der Waals surface area contributed by atoms with E-state index in [4.69, 9.17) is 0 Å². The first-order valence-corrected chi connectivity index (χ1v) is 10.9. The molecule has 0 aromatic carbocycles. The monoisotopic (exact) mass is 358 g/mol. The summed E-state index contributed by atoms with van der Waals surface area (Å²) in [6, 6.07) is 0. The Hall–Kier alpha value is -0.670. The summed E-state index contributed by atoms with van der Waals surface area (Å²) in [7, 11) is 0. The van der Waals surface area contributed by atoms with Crippen LogP contribution in [0.5, 0.6) is 0 Å². The number of carbonyl (C=O) groups excluding carboxylic acids is 1. The molecule has 0 bridgehead atoms. The molecule has 0 heterocycles. The number of carbonyl (C=O) groups is 1. The fourth-order valence-electron chi connectivity index (χ4n) is 8.51. The summed E-state index contributed by atoms with van der Waals surface area (Å²) in [5.74, 6) is 3.55. The van der Waals surface area contributed by atoms with E-state index in [1.165, 1.54) is 24.8 Å². The number of hydrogen-bond acceptors (Lipinski definition) is 3. The molecule has 0 aliphatic heterocycles. The molecule has 3 heteroatoms. The van der Waals surface area contributed by atoms with Gasteiger partial charge in [-0.15, -0.1) is 0 Å². The van der Waals surface area contributed by atoms with Crippen LogP contribution in [0.15, 0.2) is 11.6 Å². The molecule has 0 aromatic heterocycles. The van der Waals surface area contributed by atoms with Gasteiger partial charge in [-0.05, 0) is 97.9 Å². The summed E-state index contributed by atoms with van der Waals surface area (Å²) >= 11 is 0. The van der Waals surface area contributed by atoms with E-state index in [0.29, 0.717) is 35.4 Å². The molecular formula is C23H34O3. The third-order valence-electron chi connectivity index (χ3n) is 9.83. The van der Waals surface area contributed by atoms with Crippen molar-refractivity contribution < 1.29 is 15.0 Å². The minimum Gasteiger partial charge on any atom is -0.396 e. The third-order valence-corrected chi connectivity index (χ3v) is 9.83. The van der Waals surface area contributed by atoms with Crippen molar-refractivity contribution >= 4 is 5.78 Å². The van der Waals surface area contributed by atoms with Gasteiger partial charge in [-0.2, -0.15) is 0 Å². The molecule has 0 radical (unpaired) electrons. The highest BCUT2D eigenvalue weighted by Crippen LogP contribution is 2.77. The minimum atomic E-state index is -0.560.